The van der Waals surface area contributed by atoms with Gasteiger partial charge in [-0.1, -0.05) is 30.3 Å². The van der Waals surface area contributed by atoms with Crippen molar-refractivity contribution in [3.05, 3.63) is 64.2 Å². The van der Waals surface area contributed by atoms with Crippen LogP contribution in [-0.2, 0) is 0 Å². The molecular weight excluding hydrogens is 266 g/mol. The van der Waals surface area contributed by atoms with Gasteiger partial charge < -0.3 is 11.3 Å². The molecule has 0 aromatic heterocycles. The Morgan fingerprint density at radius 3 is 2.00 bits per heavy atom. The number of carbonyl (C=O) groups is 2. The molecule has 0 atom stereocenters. The van der Waals surface area contributed by atoms with E-state index in [1.54, 1.807) is 44.2 Å². The van der Waals surface area contributed by atoms with E-state index in [9.17, 15) is 14.7 Å². The number of hydrogen-bond donors (Lipinski definition) is 2. The molecule has 0 saturated heterocycles. The van der Waals surface area contributed by atoms with Crippen molar-refractivity contribution in [1.82, 2.24) is 6.15 Å². The molecule has 2 aromatic rings. The van der Waals surface area contributed by atoms with Gasteiger partial charge in [0.25, 0.3) is 0 Å². The maximum Gasteiger partial charge on any atom is 0.233 e. The minimum atomic E-state index is -0.591. The molecule has 0 aliphatic rings. The minimum Gasteiger partial charge on any atom is -0.508 e. The van der Waals surface area contributed by atoms with Gasteiger partial charge in [-0.3, -0.25) is 9.59 Å². The molecule has 0 fully saturated rings. The van der Waals surface area contributed by atoms with E-state index < -0.39 is 11.6 Å². The van der Waals surface area contributed by atoms with Crippen LogP contribution in [0.3, 0.4) is 0 Å². The zero-order chi connectivity index (χ0) is 14.9. The molecule has 0 aliphatic heterocycles. The molecule has 0 saturated carbocycles. The topological polar surface area (TPSA) is 89.4 Å². The lowest BCUT2D eigenvalue weighted by Crippen LogP contribution is -2.16. The first-order chi connectivity index (χ1) is 9.43. The van der Waals surface area contributed by atoms with Gasteiger partial charge in [-0.15, -0.1) is 0 Å². The highest BCUT2D eigenvalue weighted by atomic mass is 16.3. The Labute approximate surface area is 124 Å². The molecule has 2 rings (SSSR count). The summed E-state index contributed by atoms with van der Waals surface area (Å²) in [6.45, 7) is 5.40. The predicted octanol–water partition coefficient (Wildman–Crippen LogP) is 3.55. The maximum atomic E-state index is 12.3. The largest absolute Gasteiger partial charge is 0.508 e. The molecule has 0 spiro atoms. The Morgan fingerprint density at radius 2 is 1.43 bits per heavy atom. The van der Waals surface area contributed by atoms with Gasteiger partial charge in [0.05, 0.1) is 0 Å². The monoisotopic (exact) mass is 285 g/mol. The quantitative estimate of drug-likeness (QED) is 0.666. The second-order valence-electron chi connectivity index (χ2n) is 4.84. The summed E-state index contributed by atoms with van der Waals surface area (Å²) in [5, 5.41) is 9.84. The fourth-order valence-corrected chi connectivity index (χ4v) is 2.11. The number of rotatable bonds is 3. The molecule has 0 unspecified atom stereocenters. The fourth-order valence-electron chi connectivity index (χ4n) is 2.11. The van der Waals surface area contributed by atoms with Gasteiger partial charge in [-0.05, 0) is 43.5 Å². The highest BCUT2D eigenvalue weighted by Gasteiger charge is 2.22. The van der Waals surface area contributed by atoms with E-state index in [0.29, 0.717) is 5.56 Å². The summed E-state index contributed by atoms with van der Waals surface area (Å²) >= 11 is 0. The van der Waals surface area contributed by atoms with Gasteiger partial charge in [-0.2, -0.15) is 0 Å². The number of carbonyl (C=O) groups excluding carboxylic acids is 2. The first kappa shape index (κ1) is 16.6. The second-order valence-corrected chi connectivity index (χ2v) is 4.84. The highest BCUT2D eigenvalue weighted by molar-refractivity contribution is 6.49. The molecule has 4 heteroatoms. The number of Topliss-reactive ketones (excluding diaryl/α,β-unsaturated/α-hetero) is 2. The van der Waals surface area contributed by atoms with Crippen molar-refractivity contribution in [2.24, 2.45) is 0 Å². The molecule has 0 amide bonds. The van der Waals surface area contributed by atoms with Crippen molar-refractivity contribution in [2.75, 3.05) is 0 Å². The zero-order valence-corrected chi connectivity index (χ0v) is 12.4. The Balaban J connectivity index is 0.00000220. The molecule has 0 bridgehead atoms. The fraction of sp³-hybridized carbons (Fsp3) is 0.176. The molecule has 0 radical (unpaired) electrons. The number of benzene rings is 2. The highest BCUT2D eigenvalue weighted by Crippen LogP contribution is 2.27. The van der Waals surface area contributed by atoms with Crippen molar-refractivity contribution >= 4 is 11.6 Å². The third-order valence-electron chi connectivity index (χ3n) is 3.68. The van der Waals surface area contributed by atoms with Gasteiger partial charge in [0.1, 0.15) is 5.75 Å². The lowest BCUT2D eigenvalue weighted by molar-refractivity contribution is 0.0816. The Hall–Kier alpha value is -2.46. The zero-order valence-electron chi connectivity index (χ0n) is 12.4. The van der Waals surface area contributed by atoms with Gasteiger partial charge in [0, 0.05) is 11.1 Å². The van der Waals surface area contributed by atoms with Gasteiger partial charge in [0.2, 0.25) is 11.6 Å². The van der Waals surface area contributed by atoms with E-state index in [4.69, 9.17) is 0 Å². The standard InChI is InChI=1S/C17H16O3.H3N/c1-10-11(2)14(9-15(18)12(10)3)17(20)16(19)13-7-5-4-6-8-13;/h4-9,18H,1-3H3;1H3. The predicted molar refractivity (Wildman–Crippen MR) is 82.4 cm³/mol. The molecule has 4 N–H and O–H groups in total. The van der Waals surface area contributed by atoms with Gasteiger partial charge >= 0.3 is 0 Å². The number of phenolic OH excluding ortho intramolecular Hbond substituents is 1. The van der Waals surface area contributed by atoms with E-state index in [-0.39, 0.29) is 17.5 Å². The maximum absolute atomic E-state index is 12.3. The number of hydrogen-bond acceptors (Lipinski definition) is 4. The lowest BCUT2D eigenvalue weighted by atomic mass is 9.92. The summed E-state index contributed by atoms with van der Waals surface area (Å²) in [5.41, 5.74) is 2.91. The van der Waals surface area contributed by atoms with Crippen LogP contribution in [0.1, 0.15) is 37.4 Å². The van der Waals surface area contributed by atoms with Crippen molar-refractivity contribution in [3.63, 3.8) is 0 Å². The first-order valence-electron chi connectivity index (χ1n) is 6.37. The van der Waals surface area contributed by atoms with Crippen molar-refractivity contribution in [3.8, 4) is 5.75 Å². The van der Waals surface area contributed by atoms with Crippen LogP contribution in [0.15, 0.2) is 36.4 Å². The smallest absolute Gasteiger partial charge is 0.233 e. The van der Waals surface area contributed by atoms with Crippen LogP contribution in [0.2, 0.25) is 0 Å². The second kappa shape index (κ2) is 6.33. The van der Waals surface area contributed by atoms with Crippen LogP contribution in [0.5, 0.6) is 5.75 Å². The molecular formula is C17H19NO3. The van der Waals surface area contributed by atoms with Gasteiger partial charge in [0.15, 0.2) is 0 Å². The molecule has 0 aliphatic carbocycles. The minimum absolute atomic E-state index is 0. The molecule has 110 valence electrons. The van der Waals surface area contributed by atoms with Crippen LogP contribution >= 0.6 is 0 Å². The van der Waals surface area contributed by atoms with Crippen LogP contribution in [-0.4, -0.2) is 16.7 Å². The van der Waals surface area contributed by atoms with E-state index in [2.05, 4.69) is 0 Å². The van der Waals surface area contributed by atoms with Crippen LogP contribution in [0, 0.1) is 20.8 Å². The normalized spacial score (nSPS) is 9.86. The van der Waals surface area contributed by atoms with E-state index in [0.717, 1.165) is 16.7 Å². The first-order valence-corrected chi connectivity index (χ1v) is 6.37. The number of ketones is 2. The molecule has 21 heavy (non-hydrogen) atoms. The summed E-state index contributed by atoms with van der Waals surface area (Å²) < 4.78 is 0. The number of phenols is 1. The van der Waals surface area contributed by atoms with E-state index in [1.165, 1.54) is 6.07 Å². The average molecular weight is 285 g/mol. The molecule has 0 heterocycles. The Bertz CT molecular complexity index is 691. The van der Waals surface area contributed by atoms with Crippen molar-refractivity contribution in [1.29, 1.82) is 0 Å². The van der Waals surface area contributed by atoms with Gasteiger partial charge in [-0.25, -0.2) is 0 Å². The molecule has 2 aromatic carbocycles. The summed E-state index contributed by atoms with van der Waals surface area (Å²) in [6.07, 6.45) is 0. The Kier molecular flexibility index (Phi) is 5.00. The van der Waals surface area contributed by atoms with Crippen molar-refractivity contribution < 1.29 is 14.7 Å². The van der Waals surface area contributed by atoms with Crippen LogP contribution in [0.4, 0.5) is 0 Å². The van der Waals surface area contributed by atoms with E-state index >= 15 is 0 Å². The summed E-state index contributed by atoms with van der Waals surface area (Å²) in [7, 11) is 0. The van der Waals surface area contributed by atoms with Crippen LogP contribution in [0.25, 0.3) is 0 Å². The molecule has 4 nitrogen and oxygen atoms in total. The summed E-state index contributed by atoms with van der Waals surface area (Å²) in [6, 6.07) is 9.80. The summed E-state index contributed by atoms with van der Waals surface area (Å²) in [5.74, 6) is -1.11. The lowest BCUT2D eigenvalue weighted by Gasteiger charge is -2.12. The third-order valence-corrected chi connectivity index (χ3v) is 3.68. The average Bonchev–Trinajstić information content (AvgIpc) is 2.48. The third kappa shape index (κ3) is 3.01. The number of aromatic hydroxyl groups is 1. The summed E-state index contributed by atoms with van der Waals surface area (Å²) in [4.78, 5) is 24.5. The van der Waals surface area contributed by atoms with Crippen molar-refractivity contribution in [2.45, 2.75) is 20.8 Å². The SMILES string of the molecule is Cc1c(O)cc(C(=O)C(=O)c2ccccc2)c(C)c1C.N. The Morgan fingerprint density at radius 1 is 0.857 bits per heavy atom. The van der Waals surface area contributed by atoms with Crippen LogP contribution < -0.4 is 6.15 Å². The van der Waals surface area contributed by atoms with E-state index in [1.807, 2.05) is 6.92 Å².